The van der Waals surface area contributed by atoms with Gasteiger partial charge in [0.1, 0.15) is 5.82 Å². The highest BCUT2D eigenvalue weighted by Crippen LogP contribution is 2.24. The molecule has 0 radical (unpaired) electrons. The lowest BCUT2D eigenvalue weighted by molar-refractivity contribution is -0.389. The van der Waals surface area contributed by atoms with Crippen LogP contribution in [-0.4, -0.2) is 15.8 Å². The molecule has 2 rings (SSSR count). The van der Waals surface area contributed by atoms with Gasteiger partial charge in [0.05, 0.1) is 4.47 Å². The van der Waals surface area contributed by atoms with Crippen molar-refractivity contribution < 1.29 is 14.1 Å². The van der Waals surface area contributed by atoms with Crippen LogP contribution >= 0.6 is 15.9 Å². The Labute approximate surface area is 121 Å². The van der Waals surface area contributed by atoms with E-state index in [0.717, 1.165) is 0 Å². The van der Waals surface area contributed by atoms with Gasteiger partial charge >= 0.3 is 5.82 Å². The third-order valence-electron chi connectivity index (χ3n) is 2.63. The quantitative estimate of drug-likeness (QED) is 0.662. The molecule has 0 bridgehead atoms. The van der Waals surface area contributed by atoms with E-state index < -0.39 is 16.6 Å². The number of hydrogen-bond donors (Lipinski definition) is 2. The van der Waals surface area contributed by atoms with E-state index in [1.165, 1.54) is 24.3 Å². The Balaban J connectivity index is 2.23. The van der Waals surface area contributed by atoms with Crippen molar-refractivity contribution in [1.82, 2.24) is 4.98 Å². The fourth-order valence-corrected chi connectivity index (χ4v) is 1.94. The molecule has 2 N–H and O–H groups in total. The van der Waals surface area contributed by atoms with Crippen LogP contribution in [0.15, 0.2) is 28.7 Å². The number of hydrogen-bond acceptors (Lipinski definition) is 3. The minimum absolute atomic E-state index is 0.0524. The molecule has 1 aromatic heterocycles. The minimum atomic E-state index is -0.628. The third-order valence-corrected chi connectivity index (χ3v) is 3.24. The highest BCUT2D eigenvalue weighted by molar-refractivity contribution is 9.10. The maximum Gasteiger partial charge on any atom is 0.321 e. The Morgan fingerprint density at radius 2 is 2.15 bits per heavy atom. The average molecular weight is 342 g/mol. The number of aryl methyl sites for hydroxylation is 1. The van der Waals surface area contributed by atoms with Crippen molar-refractivity contribution >= 4 is 33.3 Å². The molecule has 1 amide bonds. The zero-order chi connectivity index (χ0) is 14.9. The summed E-state index contributed by atoms with van der Waals surface area (Å²) in [6, 6.07) is 5.21. The summed E-state index contributed by atoms with van der Waals surface area (Å²) >= 11 is 3.03. The van der Waals surface area contributed by atoms with Crippen molar-refractivity contribution in [2.75, 3.05) is 5.32 Å². The van der Waals surface area contributed by atoms with Gasteiger partial charge in [-0.15, -0.1) is 0 Å². The van der Waals surface area contributed by atoms with Crippen LogP contribution in [0, 0.1) is 22.9 Å². The van der Waals surface area contributed by atoms with Crippen molar-refractivity contribution in [2.24, 2.45) is 0 Å². The first-order valence-corrected chi connectivity index (χ1v) is 6.28. The molecule has 0 saturated carbocycles. The number of carbonyl (C=O) groups excluding carboxylic acids is 1. The molecule has 1 heterocycles. The van der Waals surface area contributed by atoms with Crippen LogP contribution in [0.4, 0.5) is 15.9 Å². The topological polar surface area (TPSA) is 88.0 Å². The van der Waals surface area contributed by atoms with E-state index in [9.17, 15) is 19.3 Å². The average Bonchev–Trinajstić information content (AvgIpc) is 2.85. The van der Waals surface area contributed by atoms with Gasteiger partial charge in [0.2, 0.25) is 0 Å². The van der Waals surface area contributed by atoms with E-state index in [4.69, 9.17) is 0 Å². The zero-order valence-electron chi connectivity index (χ0n) is 10.2. The molecule has 0 unspecified atom stereocenters. The standard InChI is InChI=1S/C12H9BrFN3O3/c1-6-4-8(14)7(13)5-10(6)16-12(18)9-2-3-11(15-9)17(19)20/h2-5,15H,1H3,(H,16,18). The molecule has 0 saturated heterocycles. The van der Waals surface area contributed by atoms with Crippen molar-refractivity contribution in [3.05, 3.63) is 55.9 Å². The number of nitrogens with zero attached hydrogens (tertiary/aromatic N) is 1. The fraction of sp³-hybridized carbons (Fsp3) is 0.0833. The van der Waals surface area contributed by atoms with Crippen LogP contribution in [0.5, 0.6) is 0 Å². The molecule has 0 atom stereocenters. The van der Waals surface area contributed by atoms with Gasteiger partial charge in [0, 0.05) is 11.8 Å². The molecular weight excluding hydrogens is 333 g/mol. The van der Waals surface area contributed by atoms with Crippen molar-refractivity contribution in [3.8, 4) is 0 Å². The molecule has 0 spiro atoms. The summed E-state index contributed by atoms with van der Waals surface area (Å²) in [4.78, 5) is 24.2. The van der Waals surface area contributed by atoms with Crippen molar-refractivity contribution in [3.63, 3.8) is 0 Å². The summed E-state index contributed by atoms with van der Waals surface area (Å²) < 4.78 is 13.5. The molecular formula is C12H9BrFN3O3. The molecule has 2 aromatic rings. The van der Waals surface area contributed by atoms with Gasteiger partial charge in [-0.3, -0.25) is 4.79 Å². The zero-order valence-corrected chi connectivity index (χ0v) is 11.8. The van der Waals surface area contributed by atoms with E-state index in [1.54, 1.807) is 6.92 Å². The number of amides is 1. The van der Waals surface area contributed by atoms with Crippen molar-refractivity contribution in [2.45, 2.75) is 6.92 Å². The van der Waals surface area contributed by atoms with Gasteiger partial charge in [-0.25, -0.2) is 9.37 Å². The second-order valence-corrected chi connectivity index (χ2v) is 4.90. The Hall–Kier alpha value is -2.22. The molecule has 6 nitrogen and oxygen atoms in total. The monoisotopic (exact) mass is 341 g/mol. The summed E-state index contributed by atoms with van der Waals surface area (Å²) in [5, 5.41) is 13.1. The number of aromatic nitrogens is 1. The first-order valence-electron chi connectivity index (χ1n) is 5.49. The van der Waals surface area contributed by atoms with Gasteiger partial charge < -0.3 is 15.4 Å². The number of rotatable bonds is 3. The largest absolute Gasteiger partial charge is 0.358 e. The third kappa shape index (κ3) is 2.85. The number of halogens is 2. The van der Waals surface area contributed by atoms with Crippen LogP contribution in [0.3, 0.4) is 0 Å². The molecule has 0 aliphatic rings. The predicted molar refractivity (Wildman–Crippen MR) is 74.2 cm³/mol. The summed E-state index contributed by atoms with van der Waals surface area (Å²) in [5.74, 6) is -1.25. The number of carbonyl (C=O) groups is 1. The maximum atomic E-state index is 13.3. The van der Waals surface area contributed by atoms with E-state index in [1.807, 2.05) is 0 Å². The maximum absolute atomic E-state index is 13.3. The normalized spacial score (nSPS) is 10.3. The van der Waals surface area contributed by atoms with Gasteiger partial charge in [-0.2, -0.15) is 0 Å². The Morgan fingerprint density at radius 1 is 1.45 bits per heavy atom. The summed E-state index contributed by atoms with van der Waals surface area (Å²) in [6.07, 6.45) is 0. The summed E-state index contributed by atoms with van der Waals surface area (Å²) in [6.45, 7) is 1.64. The molecule has 0 aliphatic carbocycles. The van der Waals surface area contributed by atoms with Crippen LogP contribution in [-0.2, 0) is 0 Å². The van der Waals surface area contributed by atoms with Crippen molar-refractivity contribution in [1.29, 1.82) is 0 Å². The summed E-state index contributed by atoms with van der Waals surface area (Å²) in [7, 11) is 0. The van der Waals surface area contributed by atoms with Gasteiger partial charge in [0.25, 0.3) is 5.91 Å². The SMILES string of the molecule is Cc1cc(F)c(Br)cc1NC(=O)c1ccc([N+](=O)[O-])[nH]1. The number of aromatic amines is 1. The second-order valence-electron chi connectivity index (χ2n) is 4.05. The highest BCUT2D eigenvalue weighted by Gasteiger charge is 2.16. The molecule has 1 aromatic carbocycles. The minimum Gasteiger partial charge on any atom is -0.358 e. The number of H-pyrrole nitrogens is 1. The lowest BCUT2D eigenvalue weighted by Crippen LogP contribution is -2.13. The number of benzene rings is 1. The summed E-state index contributed by atoms with van der Waals surface area (Å²) in [5.41, 5.74) is 1.01. The lowest BCUT2D eigenvalue weighted by Gasteiger charge is -2.07. The molecule has 0 fully saturated rings. The number of nitrogens with one attached hydrogen (secondary N) is 2. The highest BCUT2D eigenvalue weighted by atomic mass is 79.9. The second kappa shape index (κ2) is 5.41. The van der Waals surface area contributed by atoms with Crippen LogP contribution in [0.1, 0.15) is 16.1 Å². The van der Waals surface area contributed by atoms with E-state index in [-0.39, 0.29) is 16.0 Å². The first kappa shape index (κ1) is 14.2. The molecule has 104 valence electrons. The van der Waals surface area contributed by atoms with Gasteiger partial charge in [-0.05, 0) is 51.5 Å². The van der Waals surface area contributed by atoms with Crippen LogP contribution in [0.25, 0.3) is 0 Å². The lowest BCUT2D eigenvalue weighted by atomic mass is 10.2. The van der Waals surface area contributed by atoms with Crippen LogP contribution in [0.2, 0.25) is 0 Å². The van der Waals surface area contributed by atoms with Gasteiger partial charge in [-0.1, -0.05) is 0 Å². The molecule has 20 heavy (non-hydrogen) atoms. The number of anilines is 1. The van der Waals surface area contributed by atoms with E-state index >= 15 is 0 Å². The fourth-order valence-electron chi connectivity index (χ4n) is 1.59. The first-order chi connectivity index (χ1) is 9.38. The molecule has 8 heteroatoms. The van der Waals surface area contributed by atoms with E-state index in [0.29, 0.717) is 11.3 Å². The smallest absolute Gasteiger partial charge is 0.321 e. The Kier molecular flexibility index (Phi) is 3.84. The predicted octanol–water partition coefficient (Wildman–Crippen LogP) is 3.39. The van der Waals surface area contributed by atoms with E-state index in [2.05, 4.69) is 26.2 Å². The Morgan fingerprint density at radius 3 is 2.75 bits per heavy atom. The number of nitro groups is 1. The Bertz CT molecular complexity index is 699. The van der Waals surface area contributed by atoms with Crippen LogP contribution < -0.4 is 5.32 Å². The molecule has 0 aliphatic heterocycles. The van der Waals surface area contributed by atoms with Gasteiger partial charge in [0.15, 0.2) is 5.69 Å².